The van der Waals surface area contributed by atoms with Gasteiger partial charge in [0.1, 0.15) is 5.75 Å². The van der Waals surface area contributed by atoms with Crippen molar-refractivity contribution >= 4 is 87.1 Å². The number of likely N-dealkylation sites (tertiary alicyclic amines) is 1. The zero-order chi connectivity index (χ0) is 26.4. The van der Waals surface area contributed by atoms with E-state index in [1.165, 1.54) is 3.57 Å². The minimum Gasteiger partial charge on any atom is -0.471 e. The minimum atomic E-state index is -1.06. The second kappa shape index (κ2) is 13.5. The Bertz CT molecular complexity index is 1170. The highest BCUT2D eigenvalue weighted by Crippen LogP contribution is 2.34. The monoisotopic (exact) mass is 844 g/mol. The lowest BCUT2D eigenvalue weighted by atomic mass is 9.83. The molecule has 0 unspecified atom stereocenters. The van der Waals surface area contributed by atoms with Crippen LogP contribution in [0.2, 0.25) is 0 Å². The van der Waals surface area contributed by atoms with Gasteiger partial charge >= 0.3 is 0 Å². The van der Waals surface area contributed by atoms with Crippen LogP contribution >= 0.6 is 62.2 Å². The van der Waals surface area contributed by atoms with Crippen LogP contribution in [0.15, 0.2) is 48.7 Å². The number of anilines is 1. The largest absolute Gasteiger partial charge is 0.471 e. The summed E-state index contributed by atoms with van der Waals surface area (Å²) in [6.07, 6.45) is 4.00. The number of nitrogens with one attached hydrogen (secondary N) is 2. The van der Waals surface area contributed by atoms with Gasteiger partial charge in [0.15, 0.2) is 2.12 Å². The molecule has 2 aliphatic rings. The number of piperidine rings is 1. The second-order valence-corrected chi connectivity index (χ2v) is 17.7. The Morgan fingerprint density at radius 2 is 1.97 bits per heavy atom. The molecule has 4 rings (SSSR count). The van der Waals surface area contributed by atoms with E-state index in [9.17, 15) is 10.2 Å². The summed E-state index contributed by atoms with van der Waals surface area (Å²) < 4.78 is 20.4. The summed E-state index contributed by atoms with van der Waals surface area (Å²) in [4.78, 5) is 2.36. The van der Waals surface area contributed by atoms with E-state index < -0.39 is 5.60 Å². The molecule has 0 aromatic heterocycles. The van der Waals surface area contributed by atoms with Gasteiger partial charge in [-0.1, -0.05) is 100 Å². The molecule has 0 spiro atoms. The van der Waals surface area contributed by atoms with Gasteiger partial charge in [-0.15, -0.1) is 5.53 Å². The van der Waals surface area contributed by atoms with Crippen LogP contribution in [-0.4, -0.2) is 56.1 Å². The number of hydrogen-bond acceptors (Lipinski definition) is 7. The fraction of sp³-hybridized carbons (Fsp3) is 0.370. The summed E-state index contributed by atoms with van der Waals surface area (Å²) in [5.41, 5.74) is 9.77. The number of aliphatic hydroxyl groups excluding tert-OH is 1. The maximum Gasteiger partial charge on any atom is 0.188 e. The Morgan fingerprint density at radius 3 is 2.70 bits per heavy atom. The average molecular weight is 844 g/mol. The first-order valence-electron chi connectivity index (χ1n) is 12.0. The minimum absolute atomic E-state index is 0.0487. The number of para-hydroxylation sites is 1. The van der Waals surface area contributed by atoms with Gasteiger partial charge in [0.05, 0.1) is 23.6 Å². The smallest absolute Gasteiger partial charge is 0.188 e. The van der Waals surface area contributed by atoms with E-state index in [-0.39, 0.29) is 76.8 Å². The van der Waals surface area contributed by atoms with Gasteiger partial charge in [0.25, 0.3) is 0 Å². The van der Waals surface area contributed by atoms with Crippen LogP contribution in [0.4, 0.5) is 5.69 Å². The van der Waals surface area contributed by atoms with E-state index in [0.29, 0.717) is 0 Å². The van der Waals surface area contributed by atoms with E-state index in [1.807, 2.05) is 11.1 Å². The Balaban J connectivity index is 1.59. The Morgan fingerprint density at radius 1 is 1.19 bits per heavy atom. The lowest BCUT2D eigenvalue weighted by Crippen LogP contribution is -2.47. The fourth-order valence-corrected chi connectivity index (χ4v) is 8.60. The highest BCUT2D eigenvalue weighted by Gasteiger charge is 2.35. The fourth-order valence-electron chi connectivity index (χ4n) is 4.59. The third kappa shape index (κ3) is 7.25. The lowest BCUT2D eigenvalue weighted by Gasteiger charge is -2.39. The highest BCUT2D eigenvalue weighted by atomic mass is 127. The van der Waals surface area contributed by atoms with Crippen molar-refractivity contribution in [2.45, 2.75) is 34.0 Å². The standard InChI is InChI=1S/C27H35I3N4O3/c1-27(36,18-35)21-8-7-13-33(16-21)15-20-12-11-19(14-25(20)37-26(29-3)30-4)23-17-34(32-31-23)24-10-6-5-9-22(24)28-2/h5-6,9-12,14,17,21,26,31-32,35-36H,2-4,7-8,13,15-16,18H2,1H3/t21-,27+/m0/s1. The number of hydrazine groups is 2. The predicted molar refractivity (Wildman–Crippen MR) is 182 cm³/mol. The molecule has 0 saturated carbocycles. The Labute approximate surface area is 249 Å². The van der Waals surface area contributed by atoms with Gasteiger partial charge in [0.2, 0.25) is 0 Å². The van der Waals surface area contributed by atoms with Crippen LogP contribution in [0.3, 0.4) is 0 Å². The molecule has 4 N–H and O–H groups in total. The van der Waals surface area contributed by atoms with E-state index in [1.54, 1.807) is 6.92 Å². The van der Waals surface area contributed by atoms with Crippen LogP contribution in [0.5, 0.6) is 5.75 Å². The van der Waals surface area contributed by atoms with Crippen molar-refractivity contribution in [1.29, 1.82) is 0 Å². The van der Waals surface area contributed by atoms with Crippen molar-refractivity contribution in [3.05, 3.63) is 63.4 Å². The molecule has 10 heteroatoms. The zero-order valence-corrected chi connectivity index (χ0v) is 27.4. The van der Waals surface area contributed by atoms with Crippen molar-refractivity contribution in [1.82, 2.24) is 15.9 Å². The number of nitrogens with zero attached hydrogens (tertiary/aromatic N) is 2. The average Bonchev–Trinajstić information content (AvgIpc) is 3.43. The SMILES string of the molecule is C=Ic1ccccc1N1C=C(c2ccc(CN3CCC[C@H]([C@](C)(O)CO)C3)c(OC(I=C)I=C)c2)NN1. The zero-order valence-electron chi connectivity index (χ0n) is 21.0. The normalized spacial score (nSPS) is 19.9. The first kappa shape index (κ1) is 29.2. The third-order valence-electron chi connectivity index (χ3n) is 6.76. The van der Waals surface area contributed by atoms with Crippen molar-refractivity contribution in [2.24, 2.45) is 5.92 Å². The Hall–Kier alpha value is -0.780. The molecule has 0 radical (unpaired) electrons. The summed E-state index contributed by atoms with van der Waals surface area (Å²) in [6, 6.07) is 14.7. The number of hydrogen-bond donors (Lipinski definition) is 4. The number of aliphatic hydroxyl groups is 2. The van der Waals surface area contributed by atoms with Gasteiger partial charge in [-0.05, 0) is 44.5 Å². The molecule has 2 atom stereocenters. The van der Waals surface area contributed by atoms with Crippen molar-refractivity contribution in [3.8, 4) is 5.75 Å². The van der Waals surface area contributed by atoms with E-state index >= 15 is 0 Å². The molecule has 2 aromatic rings. The van der Waals surface area contributed by atoms with Crippen LogP contribution < -0.4 is 20.7 Å². The van der Waals surface area contributed by atoms with Crippen molar-refractivity contribution in [2.75, 3.05) is 24.7 Å². The maximum absolute atomic E-state index is 10.6. The number of alkyl halides is 2. The quantitative estimate of drug-likeness (QED) is 0.196. The van der Waals surface area contributed by atoms with Gasteiger partial charge in [-0.25, -0.2) is 0 Å². The summed E-state index contributed by atoms with van der Waals surface area (Å²) in [6.45, 7) is 3.98. The maximum atomic E-state index is 10.6. The summed E-state index contributed by atoms with van der Waals surface area (Å²) in [5, 5.41) is 22.3. The molecule has 2 aromatic carbocycles. The first-order chi connectivity index (χ1) is 17.9. The molecule has 0 aliphatic carbocycles. The molecule has 37 heavy (non-hydrogen) atoms. The van der Waals surface area contributed by atoms with Gasteiger partial charge in [-0.2, -0.15) is 0 Å². The Kier molecular flexibility index (Phi) is 10.7. The molecule has 1 saturated heterocycles. The summed E-state index contributed by atoms with van der Waals surface area (Å²) >= 11 is -0.939. The number of ether oxygens (including phenoxy) is 1. The molecular formula is C27H35I3N4O3. The van der Waals surface area contributed by atoms with Gasteiger partial charge in [-0.3, -0.25) is 9.91 Å². The molecular weight excluding hydrogens is 809 g/mol. The topological polar surface area (TPSA) is 80.2 Å². The van der Waals surface area contributed by atoms with E-state index in [0.717, 1.165) is 60.7 Å². The molecule has 0 bridgehead atoms. The van der Waals surface area contributed by atoms with Crippen LogP contribution in [0, 0.1) is 9.49 Å². The number of benzene rings is 2. The van der Waals surface area contributed by atoms with Gasteiger partial charge in [0, 0.05) is 39.9 Å². The summed E-state index contributed by atoms with van der Waals surface area (Å²) in [5.74, 6) is 0.933. The number of halogens is 3. The lowest BCUT2D eigenvalue weighted by molar-refractivity contribution is -0.0697. The van der Waals surface area contributed by atoms with E-state index in [4.69, 9.17) is 4.74 Å². The van der Waals surface area contributed by atoms with Crippen LogP contribution in [0.25, 0.3) is 5.70 Å². The van der Waals surface area contributed by atoms with Crippen LogP contribution in [-0.2, 0) is 6.54 Å². The van der Waals surface area contributed by atoms with Crippen LogP contribution in [0.1, 0.15) is 30.9 Å². The molecule has 1 fully saturated rings. The highest BCUT2D eigenvalue weighted by molar-refractivity contribution is 14.3. The van der Waals surface area contributed by atoms with E-state index in [2.05, 4.69) is 72.0 Å². The molecule has 2 aliphatic heterocycles. The van der Waals surface area contributed by atoms with Crippen molar-refractivity contribution in [3.63, 3.8) is 0 Å². The second-order valence-electron chi connectivity index (χ2n) is 9.33. The number of rotatable bonds is 11. The molecule has 0 amide bonds. The van der Waals surface area contributed by atoms with Gasteiger partial charge < -0.3 is 20.4 Å². The van der Waals surface area contributed by atoms with Crippen molar-refractivity contribution < 1.29 is 14.9 Å². The molecule has 7 nitrogen and oxygen atoms in total. The predicted octanol–water partition coefficient (Wildman–Crippen LogP) is 4.51. The summed E-state index contributed by atoms with van der Waals surface area (Å²) in [7, 11) is 0. The molecule has 202 valence electrons. The molecule has 2 heterocycles. The first-order valence-corrected chi connectivity index (χ1v) is 20.1. The third-order valence-corrected chi connectivity index (χ3v) is 14.9.